The van der Waals surface area contributed by atoms with Crippen molar-refractivity contribution in [3.05, 3.63) is 59.7 Å². The summed E-state index contributed by atoms with van der Waals surface area (Å²) in [4.78, 5) is 19.5. The molecule has 0 radical (unpaired) electrons. The van der Waals surface area contributed by atoms with Gasteiger partial charge in [0.05, 0.1) is 23.4 Å². The summed E-state index contributed by atoms with van der Waals surface area (Å²) in [6.07, 6.45) is 1.80. The number of ether oxygens (including phenoxy) is 2. The number of hydrogen-bond donors (Lipinski definition) is 0. The highest BCUT2D eigenvalue weighted by Gasteiger charge is 2.31. The van der Waals surface area contributed by atoms with Crippen LogP contribution >= 0.6 is 23.1 Å². The van der Waals surface area contributed by atoms with Gasteiger partial charge in [0.1, 0.15) is 0 Å². The van der Waals surface area contributed by atoms with E-state index >= 15 is 0 Å². The Balaban J connectivity index is 1.15. The van der Waals surface area contributed by atoms with Gasteiger partial charge in [-0.05, 0) is 42.7 Å². The lowest BCUT2D eigenvalue weighted by molar-refractivity contribution is -0.0956. The zero-order valence-corrected chi connectivity index (χ0v) is 18.3. The van der Waals surface area contributed by atoms with Crippen LogP contribution in [0.2, 0.25) is 0 Å². The summed E-state index contributed by atoms with van der Waals surface area (Å²) in [6.45, 7) is 2.91. The van der Waals surface area contributed by atoms with Crippen molar-refractivity contribution in [2.45, 2.75) is 29.2 Å². The molecular weight excluding hydrogens is 416 g/mol. The second kappa shape index (κ2) is 9.06. The molecule has 2 saturated heterocycles. The Hall–Kier alpha value is -1.93. The number of para-hydroxylation sites is 1. The van der Waals surface area contributed by atoms with Gasteiger partial charge in [-0.3, -0.25) is 4.79 Å². The number of piperidine rings is 1. The van der Waals surface area contributed by atoms with Gasteiger partial charge in [0.15, 0.2) is 10.6 Å². The Morgan fingerprint density at radius 1 is 1.07 bits per heavy atom. The molecule has 7 heteroatoms. The smallest absolute Gasteiger partial charge is 0.253 e. The van der Waals surface area contributed by atoms with E-state index in [1.165, 1.54) is 10.3 Å². The third-order valence-electron chi connectivity index (χ3n) is 5.70. The number of fused-ring (bicyclic) bond motifs is 1. The van der Waals surface area contributed by atoms with Crippen LogP contribution in [-0.2, 0) is 15.2 Å². The van der Waals surface area contributed by atoms with Crippen molar-refractivity contribution in [3.63, 3.8) is 0 Å². The van der Waals surface area contributed by atoms with Crippen molar-refractivity contribution < 1.29 is 14.3 Å². The Bertz CT molecular complexity index is 974. The molecule has 1 aromatic heterocycles. The number of amides is 1. The fourth-order valence-corrected chi connectivity index (χ4v) is 6.03. The first-order valence-electron chi connectivity index (χ1n) is 10.4. The number of carbonyl (C=O) groups is 1. The van der Waals surface area contributed by atoms with E-state index in [0.717, 1.165) is 47.1 Å². The fraction of sp³-hybridized carbons (Fsp3) is 0.391. The average molecular weight is 441 g/mol. The molecule has 0 bridgehead atoms. The summed E-state index contributed by atoms with van der Waals surface area (Å²) in [5.74, 6) is 1.37. The van der Waals surface area contributed by atoms with Crippen LogP contribution in [0.15, 0.2) is 52.9 Å². The molecule has 0 unspecified atom stereocenters. The molecule has 2 fully saturated rings. The van der Waals surface area contributed by atoms with E-state index in [1.54, 1.807) is 23.1 Å². The van der Waals surface area contributed by atoms with Gasteiger partial charge in [-0.25, -0.2) is 4.98 Å². The lowest BCUT2D eigenvalue weighted by Crippen LogP contribution is -2.41. The maximum Gasteiger partial charge on any atom is 0.253 e. The van der Waals surface area contributed by atoms with E-state index in [-0.39, 0.29) is 12.2 Å². The van der Waals surface area contributed by atoms with Crippen LogP contribution in [0, 0.1) is 5.92 Å². The van der Waals surface area contributed by atoms with Crippen LogP contribution in [0.1, 0.15) is 28.8 Å². The van der Waals surface area contributed by atoms with Gasteiger partial charge in [-0.2, -0.15) is 0 Å². The molecule has 5 rings (SSSR count). The van der Waals surface area contributed by atoms with Gasteiger partial charge in [0.2, 0.25) is 0 Å². The fourth-order valence-electron chi connectivity index (χ4n) is 4.01. The number of rotatable bonds is 5. The largest absolute Gasteiger partial charge is 0.350 e. The Labute approximate surface area is 184 Å². The summed E-state index contributed by atoms with van der Waals surface area (Å²) in [6, 6.07) is 16.2. The number of thioether (sulfide) groups is 1. The molecule has 0 N–H and O–H groups in total. The molecule has 0 aliphatic carbocycles. The highest BCUT2D eigenvalue weighted by atomic mass is 32.2. The molecular formula is C23H24N2O3S2. The SMILES string of the molecule is O=C(c1ccc(CSc2nc3ccccc3s2)cc1)N1CCC(C2OCCO2)CC1. The van der Waals surface area contributed by atoms with Crippen LogP contribution < -0.4 is 0 Å². The third kappa shape index (κ3) is 4.39. The van der Waals surface area contributed by atoms with Gasteiger partial charge < -0.3 is 14.4 Å². The van der Waals surface area contributed by atoms with Crippen LogP contribution in [0.4, 0.5) is 0 Å². The topological polar surface area (TPSA) is 51.7 Å². The first kappa shape index (κ1) is 20.0. The van der Waals surface area contributed by atoms with Gasteiger partial charge in [-0.1, -0.05) is 36.0 Å². The lowest BCUT2D eigenvalue weighted by Gasteiger charge is -2.33. The van der Waals surface area contributed by atoms with Gasteiger partial charge in [0, 0.05) is 30.3 Å². The first-order chi connectivity index (χ1) is 14.8. The molecule has 5 nitrogen and oxygen atoms in total. The number of likely N-dealkylation sites (tertiary alicyclic amines) is 1. The maximum atomic E-state index is 12.9. The predicted octanol–water partition coefficient (Wildman–Crippen LogP) is 4.81. The van der Waals surface area contributed by atoms with E-state index in [9.17, 15) is 4.79 Å². The Morgan fingerprint density at radius 3 is 2.53 bits per heavy atom. The first-order valence-corrected chi connectivity index (χ1v) is 12.2. The summed E-state index contributed by atoms with van der Waals surface area (Å²) in [5, 5.41) is 0. The van der Waals surface area contributed by atoms with Crippen molar-refractivity contribution in [2.24, 2.45) is 5.92 Å². The van der Waals surface area contributed by atoms with Crippen LogP contribution in [0.3, 0.4) is 0 Å². The molecule has 0 atom stereocenters. The van der Waals surface area contributed by atoms with E-state index < -0.39 is 0 Å². The molecule has 2 aliphatic heterocycles. The van der Waals surface area contributed by atoms with Gasteiger partial charge in [-0.15, -0.1) is 11.3 Å². The second-order valence-corrected chi connectivity index (χ2v) is 9.93. The summed E-state index contributed by atoms with van der Waals surface area (Å²) >= 11 is 3.47. The molecule has 1 amide bonds. The summed E-state index contributed by atoms with van der Waals surface area (Å²) < 4.78 is 13.5. The van der Waals surface area contributed by atoms with Crippen molar-refractivity contribution in [1.82, 2.24) is 9.88 Å². The predicted molar refractivity (Wildman–Crippen MR) is 120 cm³/mol. The van der Waals surface area contributed by atoms with E-state index in [0.29, 0.717) is 19.1 Å². The molecule has 30 heavy (non-hydrogen) atoms. The minimum atomic E-state index is -0.0746. The van der Waals surface area contributed by atoms with E-state index in [1.807, 2.05) is 35.2 Å². The number of nitrogens with zero attached hydrogens (tertiary/aromatic N) is 2. The monoisotopic (exact) mass is 440 g/mol. The maximum absolute atomic E-state index is 12.9. The Kier molecular flexibility index (Phi) is 6.04. The third-order valence-corrected chi connectivity index (χ3v) is 7.95. The zero-order chi connectivity index (χ0) is 20.3. The zero-order valence-electron chi connectivity index (χ0n) is 16.7. The molecule has 0 saturated carbocycles. The van der Waals surface area contributed by atoms with Crippen molar-refractivity contribution in [1.29, 1.82) is 0 Å². The molecule has 156 valence electrons. The van der Waals surface area contributed by atoms with E-state index in [2.05, 4.69) is 23.2 Å². The molecule has 3 heterocycles. The number of carbonyl (C=O) groups excluding carboxylic acids is 1. The highest BCUT2D eigenvalue weighted by Crippen LogP contribution is 2.31. The van der Waals surface area contributed by atoms with Crippen molar-refractivity contribution in [3.8, 4) is 0 Å². The number of aromatic nitrogens is 1. The minimum Gasteiger partial charge on any atom is -0.350 e. The second-order valence-electron chi connectivity index (χ2n) is 7.67. The van der Waals surface area contributed by atoms with Crippen molar-refractivity contribution >= 4 is 39.2 Å². The van der Waals surface area contributed by atoms with Crippen LogP contribution in [0.25, 0.3) is 10.2 Å². The summed E-state index contributed by atoms with van der Waals surface area (Å²) in [5.41, 5.74) is 3.02. The molecule has 2 aromatic carbocycles. The average Bonchev–Trinajstić information content (AvgIpc) is 3.47. The quantitative estimate of drug-likeness (QED) is 0.533. The van der Waals surface area contributed by atoms with Gasteiger partial charge in [0.25, 0.3) is 5.91 Å². The summed E-state index contributed by atoms with van der Waals surface area (Å²) in [7, 11) is 0. The number of thiazole rings is 1. The highest BCUT2D eigenvalue weighted by molar-refractivity contribution is 8.00. The van der Waals surface area contributed by atoms with Crippen molar-refractivity contribution in [2.75, 3.05) is 26.3 Å². The molecule has 2 aliphatic rings. The lowest BCUT2D eigenvalue weighted by atomic mass is 9.95. The van der Waals surface area contributed by atoms with Crippen LogP contribution in [-0.4, -0.2) is 48.4 Å². The van der Waals surface area contributed by atoms with Gasteiger partial charge >= 0.3 is 0 Å². The number of benzene rings is 2. The Morgan fingerprint density at radius 2 is 1.80 bits per heavy atom. The molecule has 0 spiro atoms. The number of hydrogen-bond acceptors (Lipinski definition) is 6. The van der Waals surface area contributed by atoms with Crippen LogP contribution in [0.5, 0.6) is 0 Å². The normalized spacial score (nSPS) is 18.3. The minimum absolute atomic E-state index is 0.0746. The van der Waals surface area contributed by atoms with E-state index in [4.69, 9.17) is 9.47 Å². The molecule has 3 aromatic rings. The standard InChI is InChI=1S/C23H24N2O3S2/c26-21(25-11-9-18(10-12-25)22-27-13-14-28-22)17-7-5-16(6-8-17)15-29-23-24-19-3-1-2-4-20(19)30-23/h1-8,18,22H,9-15H2.